The van der Waals surface area contributed by atoms with E-state index in [1.54, 1.807) is 24.3 Å². The molecule has 0 saturated heterocycles. The van der Waals surface area contributed by atoms with Gasteiger partial charge in [0.05, 0.1) is 4.90 Å². The van der Waals surface area contributed by atoms with E-state index in [-0.39, 0.29) is 6.54 Å². The van der Waals surface area contributed by atoms with Gasteiger partial charge in [0.25, 0.3) is 0 Å². The SMILES string of the molecule is CCN(CC)S(=O)(=O)c1ccccc1CN. The van der Waals surface area contributed by atoms with Crippen LogP contribution in [0.25, 0.3) is 0 Å². The van der Waals surface area contributed by atoms with Gasteiger partial charge in [-0.25, -0.2) is 8.42 Å². The van der Waals surface area contributed by atoms with Gasteiger partial charge in [0, 0.05) is 19.6 Å². The Labute approximate surface area is 97.1 Å². The summed E-state index contributed by atoms with van der Waals surface area (Å²) in [6.07, 6.45) is 0. The Morgan fingerprint density at radius 1 is 1.19 bits per heavy atom. The van der Waals surface area contributed by atoms with Crippen molar-refractivity contribution in [3.05, 3.63) is 29.8 Å². The highest BCUT2D eigenvalue weighted by molar-refractivity contribution is 7.89. The van der Waals surface area contributed by atoms with Crippen molar-refractivity contribution >= 4 is 10.0 Å². The Kier molecular flexibility index (Phi) is 4.46. The van der Waals surface area contributed by atoms with Crippen LogP contribution in [0.1, 0.15) is 19.4 Å². The number of hydrogen-bond acceptors (Lipinski definition) is 3. The molecule has 0 fully saturated rings. The van der Waals surface area contributed by atoms with Gasteiger partial charge in [-0.3, -0.25) is 0 Å². The van der Waals surface area contributed by atoms with Crippen LogP contribution in [-0.4, -0.2) is 25.8 Å². The summed E-state index contributed by atoms with van der Waals surface area (Å²) in [6.45, 7) is 4.82. The van der Waals surface area contributed by atoms with Gasteiger partial charge < -0.3 is 5.73 Å². The molecule has 0 aliphatic carbocycles. The molecule has 0 spiro atoms. The van der Waals surface area contributed by atoms with Gasteiger partial charge in [-0.15, -0.1) is 0 Å². The van der Waals surface area contributed by atoms with Crippen LogP contribution in [0.4, 0.5) is 0 Å². The summed E-state index contributed by atoms with van der Waals surface area (Å²) >= 11 is 0. The third-order valence-electron chi connectivity index (χ3n) is 2.52. The van der Waals surface area contributed by atoms with E-state index in [0.717, 1.165) is 0 Å². The second-order valence-corrected chi connectivity index (χ2v) is 5.31. The number of rotatable bonds is 5. The van der Waals surface area contributed by atoms with Crippen molar-refractivity contribution in [3.63, 3.8) is 0 Å². The van der Waals surface area contributed by atoms with Crippen molar-refractivity contribution in [2.45, 2.75) is 25.3 Å². The Morgan fingerprint density at radius 2 is 1.75 bits per heavy atom. The molecule has 0 radical (unpaired) electrons. The minimum absolute atomic E-state index is 0.233. The fraction of sp³-hybridized carbons (Fsp3) is 0.455. The molecule has 4 nitrogen and oxygen atoms in total. The van der Waals surface area contributed by atoms with Crippen LogP contribution in [-0.2, 0) is 16.6 Å². The molecule has 0 bridgehead atoms. The van der Waals surface area contributed by atoms with Gasteiger partial charge in [-0.05, 0) is 11.6 Å². The molecule has 0 amide bonds. The van der Waals surface area contributed by atoms with Crippen LogP contribution in [0.2, 0.25) is 0 Å². The molecule has 1 rings (SSSR count). The van der Waals surface area contributed by atoms with E-state index >= 15 is 0 Å². The molecule has 0 unspecified atom stereocenters. The van der Waals surface area contributed by atoms with E-state index in [1.165, 1.54) is 4.31 Å². The summed E-state index contributed by atoms with van der Waals surface area (Å²) < 4.78 is 25.9. The first-order valence-corrected chi connectivity index (χ1v) is 6.80. The third kappa shape index (κ3) is 2.42. The molecule has 0 heterocycles. The quantitative estimate of drug-likeness (QED) is 0.843. The standard InChI is InChI=1S/C11H18N2O2S/c1-3-13(4-2)16(14,15)11-8-6-5-7-10(11)9-12/h5-8H,3-4,9,12H2,1-2H3. The van der Waals surface area contributed by atoms with Crippen molar-refractivity contribution in [3.8, 4) is 0 Å². The monoisotopic (exact) mass is 242 g/mol. The van der Waals surface area contributed by atoms with E-state index in [9.17, 15) is 8.42 Å². The molecule has 1 aromatic rings. The predicted octanol–water partition coefficient (Wildman–Crippen LogP) is 1.18. The summed E-state index contributed by atoms with van der Waals surface area (Å²) in [5, 5.41) is 0. The highest BCUT2D eigenvalue weighted by Crippen LogP contribution is 2.19. The fourth-order valence-corrected chi connectivity index (χ4v) is 3.32. The van der Waals surface area contributed by atoms with Crippen LogP contribution in [0.3, 0.4) is 0 Å². The molecule has 0 saturated carbocycles. The molecule has 0 atom stereocenters. The summed E-state index contributed by atoms with van der Waals surface area (Å²) in [7, 11) is -3.39. The molecule has 0 aliphatic rings. The lowest BCUT2D eigenvalue weighted by molar-refractivity contribution is 0.444. The summed E-state index contributed by atoms with van der Waals surface area (Å²) in [4.78, 5) is 0.321. The first-order valence-electron chi connectivity index (χ1n) is 5.36. The molecule has 5 heteroatoms. The van der Waals surface area contributed by atoms with Gasteiger partial charge in [0.2, 0.25) is 10.0 Å². The summed E-state index contributed by atoms with van der Waals surface area (Å²) in [5.41, 5.74) is 6.21. The van der Waals surface area contributed by atoms with Gasteiger partial charge in [0.15, 0.2) is 0 Å². The molecule has 0 aliphatic heterocycles. The molecule has 1 aromatic carbocycles. The van der Waals surface area contributed by atoms with Crippen molar-refractivity contribution in [1.29, 1.82) is 0 Å². The zero-order chi connectivity index (χ0) is 12.2. The topological polar surface area (TPSA) is 63.4 Å². The van der Waals surface area contributed by atoms with E-state index in [4.69, 9.17) is 5.73 Å². The van der Waals surface area contributed by atoms with E-state index in [2.05, 4.69) is 0 Å². The lowest BCUT2D eigenvalue weighted by atomic mass is 10.2. The summed E-state index contributed by atoms with van der Waals surface area (Å²) in [6, 6.07) is 6.87. The molecule has 2 N–H and O–H groups in total. The second kappa shape index (κ2) is 5.43. The van der Waals surface area contributed by atoms with Crippen LogP contribution < -0.4 is 5.73 Å². The molecule has 90 valence electrons. The Morgan fingerprint density at radius 3 is 2.25 bits per heavy atom. The van der Waals surface area contributed by atoms with Crippen molar-refractivity contribution in [2.75, 3.05) is 13.1 Å². The van der Waals surface area contributed by atoms with Gasteiger partial charge in [-0.2, -0.15) is 4.31 Å². The lowest BCUT2D eigenvalue weighted by Crippen LogP contribution is -2.31. The van der Waals surface area contributed by atoms with Crippen LogP contribution in [0.5, 0.6) is 0 Å². The Balaban J connectivity index is 3.26. The number of hydrogen-bond donors (Lipinski definition) is 1. The van der Waals surface area contributed by atoms with E-state index in [0.29, 0.717) is 23.5 Å². The molecular formula is C11H18N2O2S. The smallest absolute Gasteiger partial charge is 0.243 e. The van der Waals surface area contributed by atoms with Crippen LogP contribution >= 0.6 is 0 Å². The average Bonchev–Trinajstić information content (AvgIpc) is 2.30. The van der Waals surface area contributed by atoms with Crippen LogP contribution in [0, 0.1) is 0 Å². The normalized spacial score (nSPS) is 12.0. The molecule has 0 aromatic heterocycles. The van der Waals surface area contributed by atoms with Crippen molar-refractivity contribution < 1.29 is 8.42 Å². The Hall–Kier alpha value is -0.910. The van der Waals surface area contributed by atoms with Gasteiger partial charge in [-0.1, -0.05) is 32.0 Å². The lowest BCUT2D eigenvalue weighted by Gasteiger charge is -2.20. The Bertz CT molecular complexity index is 439. The largest absolute Gasteiger partial charge is 0.326 e. The third-order valence-corrected chi connectivity index (χ3v) is 4.67. The predicted molar refractivity (Wildman–Crippen MR) is 64.4 cm³/mol. The zero-order valence-corrected chi connectivity index (χ0v) is 10.5. The van der Waals surface area contributed by atoms with Crippen molar-refractivity contribution in [2.24, 2.45) is 5.73 Å². The highest BCUT2D eigenvalue weighted by atomic mass is 32.2. The van der Waals surface area contributed by atoms with Crippen LogP contribution in [0.15, 0.2) is 29.2 Å². The van der Waals surface area contributed by atoms with E-state index < -0.39 is 10.0 Å². The maximum Gasteiger partial charge on any atom is 0.243 e. The molecular weight excluding hydrogens is 224 g/mol. The van der Waals surface area contributed by atoms with Crippen molar-refractivity contribution in [1.82, 2.24) is 4.31 Å². The maximum atomic E-state index is 12.2. The number of benzene rings is 1. The minimum Gasteiger partial charge on any atom is -0.326 e. The maximum absolute atomic E-state index is 12.2. The zero-order valence-electron chi connectivity index (χ0n) is 9.68. The first kappa shape index (κ1) is 13.2. The number of nitrogens with two attached hydrogens (primary N) is 1. The fourth-order valence-electron chi connectivity index (χ4n) is 1.63. The number of nitrogens with zero attached hydrogens (tertiary/aromatic N) is 1. The highest BCUT2D eigenvalue weighted by Gasteiger charge is 2.23. The second-order valence-electron chi connectivity index (χ2n) is 3.40. The van der Waals surface area contributed by atoms with E-state index in [1.807, 2.05) is 13.8 Å². The molecule has 16 heavy (non-hydrogen) atoms. The average molecular weight is 242 g/mol. The van der Waals surface area contributed by atoms with Gasteiger partial charge in [0.1, 0.15) is 0 Å². The van der Waals surface area contributed by atoms with Gasteiger partial charge >= 0.3 is 0 Å². The first-order chi connectivity index (χ1) is 7.57. The minimum atomic E-state index is -3.39. The summed E-state index contributed by atoms with van der Waals surface area (Å²) in [5.74, 6) is 0. The number of sulfonamides is 1.